The second-order valence-corrected chi connectivity index (χ2v) is 4.47. The average molecular weight is 231 g/mol. The first kappa shape index (κ1) is 9.42. The van der Waals surface area contributed by atoms with Crippen molar-refractivity contribution in [2.45, 2.75) is 0 Å². The minimum Gasteiger partial charge on any atom is -0.482 e. The number of rotatable bonds is 1. The highest BCUT2D eigenvalue weighted by molar-refractivity contribution is 7.13. The number of benzene rings is 1. The Morgan fingerprint density at radius 3 is 3.06 bits per heavy atom. The number of thiophene rings is 1. The molecule has 3 nitrogen and oxygen atoms in total. The molecule has 1 amide bonds. The fourth-order valence-electron chi connectivity index (χ4n) is 1.68. The maximum absolute atomic E-state index is 11.2. The van der Waals surface area contributed by atoms with Gasteiger partial charge in [-0.1, -0.05) is 6.07 Å². The van der Waals surface area contributed by atoms with E-state index < -0.39 is 0 Å². The van der Waals surface area contributed by atoms with Crippen molar-refractivity contribution in [3.05, 3.63) is 35.7 Å². The van der Waals surface area contributed by atoms with Crippen LogP contribution in [0.25, 0.3) is 10.4 Å². The summed E-state index contributed by atoms with van der Waals surface area (Å²) in [4.78, 5) is 12.4. The van der Waals surface area contributed by atoms with Gasteiger partial charge in [-0.2, -0.15) is 0 Å². The quantitative estimate of drug-likeness (QED) is 0.819. The number of hydrogen-bond acceptors (Lipinski definition) is 3. The van der Waals surface area contributed by atoms with Gasteiger partial charge in [-0.15, -0.1) is 11.3 Å². The maximum Gasteiger partial charge on any atom is 0.262 e. The number of fused-ring (bicyclic) bond motifs is 1. The third-order valence-corrected chi connectivity index (χ3v) is 3.34. The smallest absolute Gasteiger partial charge is 0.262 e. The number of carbonyl (C=O) groups is 1. The molecule has 80 valence electrons. The second-order valence-electron chi connectivity index (χ2n) is 3.53. The Kier molecular flexibility index (Phi) is 2.15. The van der Waals surface area contributed by atoms with E-state index in [1.54, 1.807) is 11.3 Å². The molecule has 0 unspecified atom stereocenters. The molecule has 0 saturated carbocycles. The summed E-state index contributed by atoms with van der Waals surface area (Å²) < 4.78 is 5.30. The molecular formula is C12H9NO2S. The number of hydrogen-bond donors (Lipinski definition) is 1. The molecule has 1 N–H and O–H groups in total. The van der Waals surface area contributed by atoms with Crippen LogP contribution in [0.3, 0.4) is 0 Å². The van der Waals surface area contributed by atoms with Gasteiger partial charge in [0.25, 0.3) is 5.91 Å². The molecule has 2 aromatic rings. The van der Waals surface area contributed by atoms with Crippen molar-refractivity contribution in [2.24, 2.45) is 0 Å². The van der Waals surface area contributed by atoms with Crippen LogP contribution in [0.1, 0.15) is 0 Å². The fourth-order valence-corrected chi connectivity index (χ4v) is 2.40. The zero-order chi connectivity index (χ0) is 11.0. The van der Waals surface area contributed by atoms with Crippen LogP contribution in [-0.2, 0) is 4.79 Å². The van der Waals surface area contributed by atoms with Gasteiger partial charge in [-0.3, -0.25) is 4.79 Å². The summed E-state index contributed by atoms with van der Waals surface area (Å²) in [5.74, 6) is 0.635. The van der Waals surface area contributed by atoms with Crippen LogP contribution in [0.15, 0.2) is 35.7 Å². The second kappa shape index (κ2) is 3.64. The number of nitrogens with one attached hydrogen (secondary N) is 1. The molecule has 0 bridgehead atoms. The highest BCUT2D eigenvalue weighted by atomic mass is 32.1. The molecule has 0 atom stereocenters. The normalized spacial score (nSPS) is 13.9. The van der Waals surface area contributed by atoms with E-state index in [0.717, 1.165) is 17.0 Å². The van der Waals surface area contributed by atoms with Crippen molar-refractivity contribution < 1.29 is 9.53 Å². The van der Waals surface area contributed by atoms with Crippen LogP contribution in [0.2, 0.25) is 0 Å². The van der Waals surface area contributed by atoms with E-state index >= 15 is 0 Å². The molecule has 16 heavy (non-hydrogen) atoms. The Morgan fingerprint density at radius 2 is 2.25 bits per heavy atom. The molecule has 3 rings (SSSR count). The van der Waals surface area contributed by atoms with Gasteiger partial charge in [-0.05, 0) is 35.2 Å². The predicted octanol–water partition coefficient (Wildman–Crippen LogP) is 2.75. The lowest BCUT2D eigenvalue weighted by molar-refractivity contribution is -0.118. The van der Waals surface area contributed by atoms with Gasteiger partial charge >= 0.3 is 0 Å². The Bertz CT molecular complexity index is 534. The lowest BCUT2D eigenvalue weighted by Crippen LogP contribution is -2.25. The third kappa shape index (κ3) is 1.57. The van der Waals surface area contributed by atoms with Crippen LogP contribution in [0, 0.1) is 0 Å². The van der Waals surface area contributed by atoms with Crippen molar-refractivity contribution in [3.63, 3.8) is 0 Å². The van der Waals surface area contributed by atoms with Crippen molar-refractivity contribution >= 4 is 22.9 Å². The first-order chi connectivity index (χ1) is 7.83. The highest BCUT2D eigenvalue weighted by Crippen LogP contribution is 2.34. The van der Waals surface area contributed by atoms with E-state index in [2.05, 4.69) is 11.4 Å². The zero-order valence-electron chi connectivity index (χ0n) is 8.40. The summed E-state index contributed by atoms with van der Waals surface area (Å²) >= 11 is 1.67. The van der Waals surface area contributed by atoms with Gasteiger partial charge in [0.2, 0.25) is 0 Å². The minimum atomic E-state index is -0.101. The van der Waals surface area contributed by atoms with Crippen LogP contribution in [0.5, 0.6) is 5.75 Å². The monoisotopic (exact) mass is 231 g/mol. The Morgan fingerprint density at radius 1 is 1.31 bits per heavy atom. The van der Waals surface area contributed by atoms with Crippen LogP contribution in [-0.4, -0.2) is 12.5 Å². The van der Waals surface area contributed by atoms with Gasteiger partial charge in [0.15, 0.2) is 6.61 Å². The first-order valence-electron chi connectivity index (χ1n) is 4.93. The van der Waals surface area contributed by atoms with Gasteiger partial charge in [0.05, 0.1) is 5.69 Å². The predicted molar refractivity (Wildman–Crippen MR) is 63.9 cm³/mol. The number of amides is 1. The maximum atomic E-state index is 11.2. The summed E-state index contributed by atoms with van der Waals surface area (Å²) in [5, 5.41) is 4.83. The van der Waals surface area contributed by atoms with Crippen LogP contribution >= 0.6 is 11.3 Å². The molecule has 0 fully saturated rings. The summed E-state index contributed by atoms with van der Waals surface area (Å²) in [6.45, 7) is 0.103. The molecular weight excluding hydrogens is 222 g/mol. The molecule has 0 spiro atoms. The van der Waals surface area contributed by atoms with E-state index in [1.807, 2.05) is 29.6 Å². The van der Waals surface area contributed by atoms with E-state index in [-0.39, 0.29) is 12.5 Å². The number of anilines is 1. The van der Waals surface area contributed by atoms with E-state index in [4.69, 9.17) is 4.74 Å². The minimum absolute atomic E-state index is 0.101. The molecule has 1 aliphatic rings. The molecule has 1 aromatic carbocycles. The lowest BCUT2D eigenvalue weighted by atomic mass is 10.1. The van der Waals surface area contributed by atoms with Crippen molar-refractivity contribution in [3.8, 4) is 16.2 Å². The summed E-state index contributed by atoms with van der Waals surface area (Å²) in [5.41, 5.74) is 1.85. The van der Waals surface area contributed by atoms with E-state index in [1.165, 1.54) is 4.88 Å². The molecule has 1 aromatic heterocycles. The standard InChI is InChI=1S/C12H9NO2S/c14-12-7-15-10-4-3-8(6-9(10)13-12)11-2-1-5-16-11/h1-6H,7H2,(H,13,14). The number of ether oxygens (including phenoxy) is 1. The molecule has 0 radical (unpaired) electrons. The van der Waals surface area contributed by atoms with Crippen molar-refractivity contribution in [2.75, 3.05) is 11.9 Å². The Labute approximate surface area is 96.7 Å². The Hall–Kier alpha value is -1.81. The van der Waals surface area contributed by atoms with E-state index in [0.29, 0.717) is 0 Å². The first-order valence-corrected chi connectivity index (χ1v) is 5.81. The molecule has 0 saturated heterocycles. The summed E-state index contributed by atoms with van der Waals surface area (Å²) in [6.07, 6.45) is 0. The highest BCUT2D eigenvalue weighted by Gasteiger charge is 2.16. The molecule has 2 heterocycles. The average Bonchev–Trinajstić information content (AvgIpc) is 2.81. The lowest BCUT2D eigenvalue weighted by Gasteiger charge is -2.18. The molecule has 1 aliphatic heterocycles. The van der Waals surface area contributed by atoms with E-state index in [9.17, 15) is 4.79 Å². The molecule has 0 aliphatic carbocycles. The third-order valence-electron chi connectivity index (χ3n) is 2.42. The van der Waals surface area contributed by atoms with Crippen molar-refractivity contribution in [1.29, 1.82) is 0 Å². The zero-order valence-corrected chi connectivity index (χ0v) is 9.21. The number of carbonyl (C=O) groups excluding carboxylic acids is 1. The summed E-state index contributed by atoms with van der Waals surface area (Å²) in [6, 6.07) is 9.90. The van der Waals surface area contributed by atoms with Gasteiger partial charge < -0.3 is 10.1 Å². The fraction of sp³-hybridized carbons (Fsp3) is 0.0833. The van der Waals surface area contributed by atoms with Gasteiger partial charge in [0, 0.05) is 4.88 Å². The largest absolute Gasteiger partial charge is 0.482 e. The van der Waals surface area contributed by atoms with Crippen molar-refractivity contribution in [1.82, 2.24) is 0 Å². The Balaban J connectivity index is 2.04. The SMILES string of the molecule is O=C1COc2ccc(-c3cccs3)cc2N1. The van der Waals surface area contributed by atoms with Crippen LogP contribution in [0.4, 0.5) is 5.69 Å². The van der Waals surface area contributed by atoms with Crippen LogP contribution < -0.4 is 10.1 Å². The van der Waals surface area contributed by atoms with Gasteiger partial charge in [-0.25, -0.2) is 0 Å². The summed E-state index contributed by atoms with van der Waals surface area (Å²) in [7, 11) is 0. The molecule has 4 heteroatoms. The topological polar surface area (TPSA) is 38.3 Å². The van der Waals surface area contributed by atoms with Gasteiger partial charge in [0.1, 0.15) is 5.75 Å².